The van der Waals surface area contributed by atoms with Crippen molar-refractivity contribution in [2.75, 3.05) is 49.2 Å². The van der Waals surface area contributed by atoms with Crippen LogP contribution in [0.4, 0.5) is 10.9 Å². The van der Waals surface area contributed by atoms with E-state index in [9.17, 15) is 0 Å². The highest BCUT2D eigenvalue weighted by atomic mass is 32.1. The Bertz CT molecular complexity index is 652. The monoisotopic (exact) mass is 345 g/mol. The molecule has 24 heavy (non-hydrogen) atoms. The van der Waals surface area contributed by atoms with Gasteiger partial charge in [0.1, 0.15) is 0 Å². The largest absolute Gasteiger partial charge is 0.379 e. The van der Waals surface area contributed by atoms with Crippen molar-refractivity contribution < 1.29 is 4.74 Å². The lowest BCUT2D eigenvalue weighted by Gasteiger charge is -2.42. The summed E-state index contributed by atoms with van der Waals surface area (Å²) in [6, 6.07) is 4.11. The fourth-order valence-electron chi connectivity index (χ4n) is 3.60. The lowest BCUT2D eigenvalue weighted by Crippen LogP contribution is -2.47. The van der Waals surface area contributed by atoms with E-state index in [1.54, 1.807) is 11.3 Å². The summed E-state index contributed by atoms with van der Waals surface area (Å²) in [5, 5.41) is 11.7. The van der Waals surface area contributed by atoms with Crippen LogP contribution in [0.15, 0.2) is 23.7 Å². The van der Waals surface area contributed by atoms with E-state index in [-0.39, 0.29) is 5.41 Å². The van der Waals surface area contributed by atoms with E-state index in [4.69, 9.17) is 4.74 Å². The Morgan fingerprint density at radius 1 is 1.12 bits per heavy atom. The summed E-state index contributed by atoms with van der Waals surface area (Å²) in [6.45, 7) is 7.59. The van der Waals surface area contributed by atoms with Crippen LogP contribution in [0, 0.1) is 12.3 Å². The second-order valence-corrected chi connectivity index (χ2v) is 7.68. The van der Waals surface area contributed by atoms with Gasteiger partial charge in [0.25, 0.3) is 0 Å². The molecule has 0 atom stereocenters. The van der Waals surface area contributed by atoms with Gasteiger partial charge in [-0.1, -0.05) is 0 Å². The van der Waals surface area contributed by atoms with Crippen molar-refractivity contribution in [3.8, 4) is 0 Å². The first kappa shape index (κ1) is 15.8. The first-order chi connectivity index (χ1) is 11.7. The van der Waals surface area contributed by atoms with E-state index in [2.05, 4.69) is 31.0 Å². The van der Waals surface area contributed by atoms with E-state index >= 15 is 0 Å². The third kappa shape index (κ3) is 3.23. The molecule has 2 aromatic heterocycles. The summed E-state index contributed by atoms with van der Waals surface area (Å²) in [5.74, 6) is 0.988. The van der Waals surface area contributed by atoms with Gasteiger partial charge in [-0.25, -0.2) is 4.98 Å². The molecule has 2 aromatic rings. The molecule has 0 amide bonds. The normalized spacial score (nSPS) is 21.0. The molecule has 0 N–H and O–H groups in total. The molecular formula is C17H23N5OS. The number of nitrogens with zero attached hydrogens (tertiary/aromatic N) is 5. The molecule has 2 fully saturated rings. The van der Waals surface area contributed by atoms with Crippen LogP contribution in [0.5, 0.6) is 0 Å². The molecular weight excluding hydrogens is 322 g/mol. The van der Waals surface area contributed by atoms with Crippen molar-refractivity contribution in [2.24, 2.45) is 5.41 Å². The minimum Gasteiger partial charge on any atom is -0.379 e. The third-order valence-corrected chi connectivity index (χ3v) is 5.89. The Morgan fingerprint density at radius 2 is 2.00 bits per heavy atom. The number of hydrogen-bond acceptors (Lipinski definition) is 7. The van der Waals surface area contributed by atoms with Gasteiger partial charge in [0.05, 0.1) is 18.9 Å². The molecule has 4 rings (SSSR count). The predicted molar refractivity (Wildman–Crippen MR) is 95.8 cm³/mol. The topological polar surface area (TPSA) is 54.4 Å². The molecule has 2 aliphatic heterocycles. The smallest absolute Gasteiger partial charge is 0.185 e. The zero-order valence-corrected chi connectivity index (χ0v) is 14.8. The molecule has 0 radical (unpaired) electrons. The average molecular weight is 345 g/mol. The van der Waals surface area contributed by atoms with E-state index in [0.717, 1.165) is 68.9 Å². The lowest BCUT2D eigenvalue weighted by atomic mass is 9.78. The highest BCUT2D eigenvalue weighted by Gasteiger charge is 2.39. The van der Waals surface area contributed by atoms with Crippen LogP contribution in [-0.4, -0.2) is 54.6 Å². The second kappa shape index (κ2) is 6.64. The Balaban J connectivity index is 1.45. The van der Waals surface area contributed by atoms with Crippen LogP contribution in [0.3, 0.4) is 0 Å². The van der Waals surface area contributed by atoms with Gasteiger partial charge in [0.15, 0.2) is 10.9 Å². The fraction of sp³-hybridized carbons (Fsp3) is 0.588. The Hall–Kier alpha value is -1.73. The van der Waals surface area contributed by atoms with Crippen LogP contribution in [0.2, 0.25) is 0 Å². The molecule has 2 aliphatic rings. The highest BCUT2D eigenvalue weighted by molar-refractivity contribution is 7.13. The number of ether oxygens (including phenoxy) is 1. The number of thiazole rings is 1. The van der Waals surface area contributed by atoms with Crippen LogP contribution in [0.25, 0.3) is 0 Å². The average Bonchev–Trinajstić information content (AvgIpc) is 3.07. The fourth-order valence-corrected chi connectivity index (χ4v) is 4.27. The first-order valence-corrected chi connectivity index (χ1v) is 9.40. The molecule has 7 heteroatoms. The zero-order chi connectivity index (χ0) is 16.4. The molecule has 0 aliphatic carbocycles. The molecule has 0 unspecified atom stereocenters. The Morgan fingerprint density at radius 3 is 2.71 bits per heavy atom. The number of piperidine rings is 1. The van der Waals surface area contributed by atoms with Gasteiger partial charge in [-0.3, -0.25) is 0 Å². The van der Waals surface area contributed by atoms with E-state index in [1.165, 1.54) is 0 Å². The summed E-state index contributed by atoms with van der Waals surface area (Å²) in [7, 11) is 0. The van der Waals surface area contributed by atoms with Crippen molar-refractivity contribution in [3.63, 3.8) is 0 Å². The van der Waals surface area contributed by atoms with Crippen LogP contribution in [-0.2, 0) is 4.74 Å². The lowest BCUT2D eigenvalue weighted by molar-refractivity contribution is 0.0538. The summed E-state index contributed by atoms with van der Waals surface area (Å²) in [5.41, 5.74) is 1.18. The van der Waals surface area contributed by atoms with Gasteiger partial charge in [-0.05, 0) is 31.9 Å². The summed E-state index contributed by atoms with van der Waals surface area (Å²) >= 11 is 1.72. The molecule has 128 valence electrons. The summed E-state index contributed by atoms with van der Waals surface area (Å²) in [6.07, 6.45) is 4.12. The maximum Gasteiger partial charge on any atom is 0.185 e. The van der Waals surface area contributed by atoms with E-state index in [1.807, 2.05) is 24.6 Å². The van der Waals surface area contributed by atoms with Gasteiger partial charge in [-0.15, -0.1) is 16.4 Å². The van der Waals surface area contributed by atoms with Gasteiger partial charge < -0.3 is 14.5 Å². The standard InChI is InChI=1S/C17H23N5OS/c1-14-2-3-15(20-19-14)21-7-4-17(5-8-21)12-22(9-10-23-13-17)16-18-6-11-24-16/h2-3,6,11H,4-5,7-10,12-13H2,1H3. The van der Waals surface area contributed by atoms with Crippen LogP contribution >= 0.6 is 11.3 Å². The third-order valence-electron chi connectivity index (χ3n) is 5.06. The van der Waals surface area contributed by atoms with Crippen LogP contribution in [0.1, 0.15) is 18.5 Å². The minimum atomic E-state index is 0.219. The highest BCUT2D eigenvalue weighted by Crippen LogP contribution is 2.37. The Labute approximate surface area is 146 Å². The van der Waals surface area contributed by atoms with Crippen molar-refractivity contribution in [2.45, 2.75) is 19.8 Å². The molecule has 0 saturated carbocycles. The number of aromatic nitrogens is 3. The SMILES string of the molecule is Cc1ccc(N2CCC3(CC2)COCCN(c2nccs2)C3)nn1. The maximum atomic E-state index is 5.96. The molecule has 2 saturated heterocycles. The number of aryl methyl sites for hydroxylation is 1. The van der Waals surface area contributed by atoms with Gasteiger partial charge in [0.2, 0.25) is 0 Å². The zero-order valence-electron chi connectivity index (χ0n) is 14.0. The van der Waals surface area contributed by atoms with Crippen molar-refractivity contribution in [1.82, 2.24) is 15.2 Å². The number of rotatable bonds is 2. The molecule has 6 nitrogen and oxygen atoms in total. The van der Waals surface area contributed by atoms with Crippen molar-refractivity contribution >= 4 is 22.3 Å². The summed E-state index contributed by atoms with van der Waals surface area (Å²) < 4.78 is 5.96. The quantitative estimate of drug-likeness (QED) is 0.833. The molecule has 4 heterocycles. The molecule has 0 bridgehead atoms. The van der Waals surface area contributed by atoms with Crippen LogP contribution < -0.4 is 9.80 Å². The second-order valence-electron chi connectivity index (χ2n) is 6.81. The van der Waals surface area contributed by atoms with E-state index in [0.29, 0.717) is 0 Å². The maximum absolute atomic E-state index is 5.96. The first-order valence-electron chi connectivity index (χ1n) is 8.52. The van der Waals surface area contributed by atoms with Gasteiger partial charge >= 0.3 is 0 Å². The predicted octanol–water partition coefficient (Wildman–Crippen LogP) is 2.36. The Kier molecular flexibility index (Phi) is 4.37. The summed E-state index contributed by atoms with van der Waals surface area (Å²) in [4.78, 5) is 9.24. The van der Waals surface area contributed by atoms with E-state index < -0.39 is 0 Å². The minimum absolute atomic E-state index is 0.219. The number of anilines is 2. The van der Waals surface area contributed by atoms with Crippen molar-refractivity contribution in [3.05, 3.63) is 29.4 Å². The molecule has 0 aromatic carbocycles. The molecule has 1 spiro atoms. The van der Waals surface area contributed by atoms with Gasteiger partial charge in [-0.2, -0.15) is 5.10 Å². The number of hydrogen-bond donors (Lipinski definition) is 0. The van der Waals surface area contributed by atoms with Gasteiger partial charge in [0, 0.05) is 43.2 Å². The van der Waals surface area contributed by atoms with Crippen molar-refractivity contribution in [1.29, 1.82) is 0 Å².